The fourth-order valence-corrected chi connectivity index (χ4v) is 2.82. The lowest BCUT2D eigenvalue weighted by Crippen LogP contribution is -2.17. The summed E-state index contributed by atoms with van der Waals surface area (Å²) in [6.07, 6.45) is 2.71. The summed E-state index contributed by atoms with van der Waals surface area (Å²) in [4.78, 5) is 19.7. The van der Waals surface area contributed by atoms with Gasteiger partial charge < -0.3 is 19.8 Å². The number of rotatable bonds is 8. The Bertz CT molecular complexity index is 891. The molecule has 0 aliphatic rings. The van der Waals surface area contributed by atoms with Crippen LogP contribution in [0, 0.1) is 0 Å². The van der Waals surface area contributed by atoms with E-state index >= 15 is 0 Å². The molecule has 1 aromatic heterocycles. The van der Waals surface area contributed by atoms with E-state index in [1.54, 1.807) is 12.1 Å². The highest BCUT2D eigenvalue weighted by Gasteiger charge is 2.13. The number of carbonyl (C=O) groups is 1. The van der Waals surface area contributed by atoms with Crippen LogP contribution < -0.4 is 10.1 Å². The monoisotopic (exact) mass is 365 g/mol. The molecule has 0 aliphatic heterocycles. The van der Waals surface area contributed by atoms with E-state index in [0.717, 1.165) is 35.6 Å². The second kappa shape index (κ2) is 9.00. The van der Waals surface area contributed by atoms with Gasteiger partial charge in [-0.1, -0.05) is 36.4 Å². The van der Waals surface area contributed by atoms with Gasteiger partial charge in [0, 0.05) is 31.3 Å². The Morgan fingerprint density at radius 1 is 1.15 bits per heavy atom. The van der Waals surface area contributed by atoms with Crippen LogP contribution in [0.4, 0.5) is 0 Å². The zero-order chi connectivity index (χ0) is 19.1. The average Bonchev–Trinajstić information content (AvgIpc) is 3.20. The fourth-order valence-electron chi connectivity index (χ4n) is 2.82. The van der Waals surface area contributed by atoms with Crippen LogP contribution in [0.25, 0.3) is 11.3 Å². The molecular weight excluding hydrogens is 342 g/mol. The number of ether oxygens (including phenoxy) is 2. The van der Waals surface area contributed by atoms with E-state index in [0.29, 0.717) is 17.9 Å². The second-order valence-corrected chi connectivity index (χ2v) is 6.05. The van der Waals surface area contributed by atoms with Crippen LogP contribution in [0.5, 0.6) is 5.75 Å². The Kier molecular flexibility index (Phi) is 6.22. The van der Waals surface area contributed by atoms with Crippen molar-refractivity contribution in [3.05, 3.63) is 71.7 Å². The van der Waals surface area contributed by atoms with Crippen molar-refractivity contribution >= 4 is 5.97 Å². The number of esters is 1. The number of H-pyrrole nitrogens is 1. The van der Waals surface area contributed by atoms with Gasteiger partial charge in [0.1, 0.15) is 17.1 Å². The Labute approximate surface area is 158 Å². The molecule has 6 nitrogen and oxygen atoms in total. The number of benzene rings is 2. The zero-order valence-electron chi connectivity index (χ0n) is 15.5. The molecule has 3 aromatic rings. The molecule has 0 atom stereocenters. The molecule has 0 radical (unpaired) electrons. The number of aromatic amines is 1. The first-order chi connectivity index (χ1) is 13.2. The van der Waals surface area contributed by atoms with Gasteiger partial charge in [-0.05, 0) is 17.7 Å². The standard InChI is InChI=1S/C21H23N3O3/c1-26-19-9-8-15(12-17(19)21(25)27-2)13-22-11-10-20-23-14-18(24-20)16-6-4-3-5-7-16/h3-9,12,14,22H,10-11,13H2,1-2H3,(H,23,24). The number of methoxy groups -OCH3 is 2. The maximum absolute atomic E-state index is 11.8. The number of aromatic nitrogens is 2. The zero-order valence-corrected chi connectivity index (χ0v) is 15.5. The number of nitrogens with zero attached hydrogens (tertiary/aromatic N) is 1. The summed E-state index contributed by atoms with van der Waals surface area (Å²) >= 11 is 0. The van der Waals surface area contributed by atoms with Crippen molar-refractivity contribution in [2.24, 2.45) is 0 Å². The summed E-state index contributed by atoms with van der Waals surface area (Å²) in [5.74, 6) is 1.04. The van der Waals surface area contributed by atoms with Crippen molar-refractivity contribution in [3.8, 4) is 17.0 Å². The number of hydrogen-bond donors (Lipinski definition) is 2. The summed E-state index contributed by atoms with van der Waals surface area (Å²) in [6, 6.07) is 15.6. The van der Waals surface area contributed by atoms with Gasteiger partial charge in [-0.2, -0.15) is 0 Å². The van der Waals surface area contributed by atoms with Gasteiger partial charge in [-0.25, -0.2) is 9.78 Å². The van der Waals surface area contributed by atoms with E-state index in [1.165, 1.54) is 14.2 Å². The van der Waals surface area contributed by atoms with Crippen molar-refractivity contribution in [3.63, 3.8) is 0 Å². The molecule has 1 heterocycles. The first-order valence-electron chi connectivity index (χ1n) is 8.77. The molecule has 0 fully saturated rings. The average molecular weight is 365 g/mol. The van der Waals surface area contributed by atoms with Crippen LogP contribution in [0.2, 0.25) is 0 Å². The van der Waals surface area contributed by atoms with Gasteiger partial charge in [-0.3, -0.25) is 0 Å². The van der Waals surface area contributed by atoms with E-state index in [9.17, 15) is 4.79 Å². The van der Waals surface area contributed by atoms with Crippen LogP contribution >= 0.6 is 0 Å². The van der Waals surface area contributed by atoms with Crippen molar-refractivity contribution in [1.82, 2.24) is 15.3 Å². The lowest BCUT2D eigenvalue weighted by atomic mass is 10.1. The Hall–Kier alpha value is -3.12. The topological polar surface area (TPSA) is 76.2 Å². The Balaban J connectivity index is 1.53. The quantitative estimate of drug-likeness (QED) is 0.474. The summed E-state index contributed by atoms with van der Waals surface area (Å²) in [5, 5.41) is 3.37. The molecule has 2 N–H and O–H groups in total. The molecular formula is C21H23N3O3. The Morgan fingerprint density at radius 3 is 2.70 bits per heavy atom. The third-order valence-corrected chi connectivity index (χ3v) is 4.24. The Morgan fingerprint density at radius 2 is 1.96 bits per heavy atom. The van der Waals surface area contributed by atoms with Crippen LogP contribution in [-0.4, -0.2) is 36.7 Å². The number of carbonyl (C=O) groups excluding carboxylic acids is 1. The largest absolute Gasteiger partial charge is 0.496 e. The van der Waals surface area contributed by atoms with Gasteiger partial charge in [0.2, 0.25) is 0 Å². The second-order valence-electron chi connectivity index (χ2n) is 6.05. The maximum atomic E-state index is 11.8. The lowest BCUT2D eigenvalue weighted by Gasteiger charge is -2.10. The van der Waals surface area contributed by atoms with E-state index in [4.69, 9.17) is 9.47 Å². The molecule has 140 valence electrons. The lowest BCUT2D eigenvalue weighted by molar-refractivity contribution is 0.0597. The van der Waals surface area contributed by atoms with Gasteiger partial charge in [0.15, 0.2) is 0 Å². The molecule has 0 unspecified atom stereocenters. The molecule has 0 bridgehead atoms. The summed E-state index contributed by atoms with van der Waals surface area (Å²) < 4.78 is 10.0. The fraction of sp³-hybridized carbons (Fsp3) is 0.238. The molecule has 0 aliphatic carbocycles. The van der Waals surface area contributed by atoms with Crippen molar-refractivity contribution in [1.29, 1.82) is 0 Å². The minimum Gasteiger partial charge on any atom is -0.496 e. The molecule has 0 spiro atoms. The van der Waals surface area contributed by atoms with Crippen molar-refractivity contribution < 1.29 is 14.3 Å². The van der Waals surface area contributed by atoms with Crippen LogP contribution in [0.3, 0.4) is 0 Å². The summed E-state index contributed by atoms with van der Waals surface area (Å²) in [7, 11) is 2.90. The van der Waals surface area contributed by atoms with Crippen LogP contribution in [0.15, 0.2) is 54.7 Å². The van der Waals surface area contributed by atoms with E-state index in [2.05, 4.69) is 15.3 Å². The third kappa shape index (κ3) is 4.74. The van der Waals surface area contributed by atoms with Gasteiger partial charge >= 0.3 is 5.97 Å². The molecule has 0 saturated heterocycles. The van der Waals surface area contributed by atoms with Gasteiger partial charge in [0.25, 0.3) is 0 Å². The normalized spacial score (nSPS) is 10.6. The minimum absolute atomic E-state index is 0.405. The number of nitrogens with one attached hydrogen (secondary N) is 2. The van der Waals surface area contributed by atoms with Crippen LogP contribution in [-0.2, 0) is 17.7 Å². The van der Waals surface area contributed by atoms with E-state index in [-0.39, 0.29) is 0 Å². The smallest absolute Gasteiger partial charge is 0.341 e. The highest BCUT2D eigenvalue weighted by atomic mass is 16.5. The van der Waals surface area contributed by atoms with Crippen molar-refractivity contribution in [2.75, 3.05) is 20.8 Å². The first-order valence-corrected chi connectivity index (χ1v) is 8.77. The van der Waals surface area contributed by atoms with E-state index in [1.807, 2.05) is 42.6 Å². The van der Waals surface area contributed by atoms with Crippen molar-refractivity contribution in [2.45, 2.75) is 13.0 Å². The van der Waals surface area contributed by atoms with Gasteiger partial charge in [-0.15, -0.1) is 0 Å². The molecule has 27 heavy (non-hydrogen) atoms. The minimum atomic E-state index is -0.405. The maximum Gasteiger partial charge on any atom is 0.341 e. The van der Waals surface area contributed by atoms with E-state index < -0.39 is 5.97 Å². The third-order valence-electron chi connectivity index (χ3n) is 4.24. The van der Waals surface area contributed by atoms with Crippen LogP contribution in [0.1, 0.15) is 21.7 Å². The predicted octanol–water partition coefficient (Wildman–Crippen LogP) is 3.20. The highest BCUT2D eigenvalue weighted by molar-refractivity contribution is 5.92. The molecule has 3 rings (SSSR count). The number of imidazole rings is 1. The SMILES string of the molecule is COC(=O)c1cc(CNCCc2nc(-c3ccccc3)c[nH]2)ccc1OC. The molecule has 0 amide bonds. The summed E-state index contributed by atoms with van der Waals surface area (Å²) in [5.41, 5.74) is 3.46. The molecule has 0 saturated carbocycles. The van der Waals surface area contributed by atoms with Gasteiger partial charge in [0.05, 0.1) is 19.9 Å². The summed E-state index contributed by atoms with van der Waals surface area (Å²) in [6.45, 7) is 1.40. The molecule has 6 heteroatoms. The first kappa shape index (κ1) is 18.7. The highest BCUT2D eigenvalue weighted by Crippen LogP contribution is 2.21. The number of hydrogen-bond acceptors (Lipinski definition) is 5. The molecule has 2 aromatic carbocycles. The predicted molar refractivity (Wildman–Crippen MR) is 104 cm³/mol.